The van der Waals surface area contributed by atoms with Gasteiger partial charge in [-0.2, -0.15) is 0 Å². The van der Waals surface area contributed by atoms with Gasteiger partial charge in [0, 0.05) is 40.5 Å². The Hall–Kier alpha value is -2.65. The van der Waals surface area contributed by atoms with Crippen LogP contribution in [0.2, 0.25) is 10.0 Å². The zero-order valence-corrected chi connectivity index (χ0v) is 21.2. The van der Waals surface area contributed by atoms with Crippen molar-refractivity contribution in [1.82, 2.24) is 19.7 Å². The monoisotopic (exact) mass is 529 g/mol. The first-order valence-electron chi connectivity index (χ1n) is 10.4. The number of anilines is 1. The number of allylic oxidation sites excluding steroid dienone is 1. The molecular formula is C24H21Cl2N5OS2. The third-order valence-electron chi connectivity index (χ3n) is 4.82. The summed E-state index contributed by atoms with van der Waals surface area (Å²) in [6.45, 7) is 4.40. The number of rotatable bonds is 10. The van der Waals surface area contributed by atoms with E-state index in [0.29, 0.717) is 39.7 Å². The highest BCUT2D eigenvalue weighted by molar-refractivity contribution is 7.99. The van der Waals surface area contributed by atoms with Gasteiger partial charge < -0.3 is 9.88 Å². The highest BCUT2D eigenvalue weighted by Gasteiger charge is 2.15. The third kappa shape index (κ3) is 6.48. The van der Waals surface area contributed by atoms with E-state index >= 15 is 0 Å². The van der Waals surface area contributed by atoms with Crippen molar-refractivity contribution in [3.05, 3.63) is 99.3 Å². The second kappa shape index (κ2) is 11.7. The van der Waals surface area contributed by atoms with Gasteiger partial charge in [0.2, 0.25) is 5.91 Å². The SMILES string of the molecule is C=CCn1c(Cc2ccccc2)nnc1SCC(=O)Nc1ncc(Cc2ccc(Cl)cc2Cl)s1. The summed E-state index contributed by atoms with van der Waals surface area (Å²) < 4.78 is 1.98. The molecule has 0 saturated carbocycles. The topological polar surface area (TPSA) is 72.7 Å². The Bertz CT molecular complexity index is 1290. The molecule has 0 bridgehead atoms. The summed E-state index contributed by atoms with van der Waals surface area (Å²) in [5, 5.41) is 13.9. The Balaban J connectivity index is 1.35. The van der Waals surface area contributed by atoms with E-state index in [1.54, 1.807) is 24.4 Å². The van der Waals surface area contributed by atoms with Gasteiger partial charge in [-0.25, -0.2) is 4.98 Å². The Morgan fingerprint density at radius 2 is 1.97 bits per heavy atom. The number of hydrogen-bond acceptors (Lipinski definition) is 6. The number of hydrogen-bond donors (Lipinski definition) is 1. The summed E-state index contributed by atoms with van der Waals surface area (Å²) in [6, 6.07) is 15.5. The lowest BCUT2D eigenvalue weighted by molar-refractivity contribution is -0.113. The van der Waals surface area contributed by atoms with E-state index in [2.05, 4.69) is 39.2 Å². The van der Waals surface area contributed by atoms with E-state index in [9.17, 15) is 4.79 Å². The van der Waals surface area contributed by atoms with Crippen LogP contribution in [0.3, 0.4) is 0 Å². The minimum Gasteiger partial charge on any atom is -0.302 e. The zero-order chi connectivity index (χ0) is 23.9. The Morgan fingerprint density at radius 1 is 1.15 bits per heavy atom. The summed E-state index contributed by atoms with van der Waals surface area (Å²) in [5.41, 5.74) is 2.10. The van der Waals surface area contributed by atoms with Crippen LogP contribution in [0, 0.1) is 0 Å². The fourth-order valence-corrected chi connectivity index (χ4v) is 5.33. The third-order valence-corrected chi connectivity index (χ3v) is 7.29. The molecule has 4 aromatic rings. The van der Waals surface area contributed by atoms with Gasteiger partial charge in [0.15, 0.2) is 10.3 Å². The van der Waals surface area contributed by atoms with Crippen LogP contribution < -0.4 is 5.32 Å². The highest BCUT2D eigenvalue weighted by Crippen LogP contribution is 2.27. The van der Waals surface area contributed by atoms with Gasteiger partial charge in [-0.15, -0.1) is 28.1 Å². The molecule has 6 nitrogen and oxygen atoms in total. The number of thioether (sulfide) groups is 1. The van der Waals surface area contributed by atoms with Crippen LogP contribution in [0.15, 0.2) is 72.5 Å². The molecule has 0 fully saturated rings. The van der Waals surface area contributed by atoms with Crippen LogP contribution >= 0.6 is 46.3 Å². The lowest BCUT2D eigenvalue weighted by atomic mass is 10.1. The van der Waals surface area contributed by atoms with Gasteiger partial charge in [-0.1, -0.05) is 77.4 Å². The second-order valence-corrected chi connectivity index (χ2v) is 10.2. The summed E-state index contributed by atoms with van der Waals surface area (Å²) in [4.78, 5) is 17.8. The van der Waals surface area contributed by atoms with Crippen molar-refractivity contribution < 1.29 is 4.79 Å². The minimum atomic E-state index is -0.159. The number of aromatic nitrogens is 4. The van der Waals surface area contributed by atoms with Crippen molar-refractivity contribution in [2.45, 2.75) is 24.5 Å². The van der Waals surface area contributed by atoms with E-state index in [1.165, 1.54) is 23.1 Å². The first-order valence-corrected chi connectivity index (χ1v) is 13.0. The van der Waals surface area contributed by atoms with Gasteiger partial charge >= 0.3 is 0 Å². The van der Waals surface area contributed by atoms with Crippen LogP contribution in [-0.4, -0.2) is 31.4 Å². The standard InChI is InChI=1S/C24H21Cl2N5OS2/c1-2-10-31-21(11-16-6-4-3-5-7-16)29-30-24(31)33-15-22(32)28-23-27-14-19(34-23)12-17-8-9-18(25)13-20(17)26/h2-9,13-14H,1,10-12,15H2,(H,27,28,32). The minimum absolute atomic E-state index is 0.159. The number of nitrogens with one attached hydrogen (secondary N) is 1. The predicted octanol–water partition coefficient (Wildman–Crippen LogP) is 6.14. The quantitative estimate of drug-likeness (QED) is 0.197. The van der Waals surface area contributed by atoms with E-state index in [1.807, 2.05) is 28.8 Å². The van der Waals surface area contributed by atoms with E-state index in [-0.39, 0.29) is 11.7 Å². The molecule has 0 unspecified atom stereocenters. The largest absolute Gasteiger partial charge is 0.302 e. The Morgan fingerprint density at radius 3 is 2.74 bits per heavy atom. The molecule has 0 aliphatic heterocycles. The molecular weight excluding hydrogens is 509 g/mol. The molecule has 1 N–H and O–H groups in total. The number of halogens is 2. The lowest BCUT2D eigenvalue weighted by Gasteiger charge is -2.07. The van der Waals surface area contributed by atoms with Gasteiger partial charge in [0.1, 0.15) is 5.82 Å². The molecule has 0 aliphatic rings. The maximum absolute atomic E-state index is 12.5. The predicted molar refractivity (Wildman–Crippen MR) is 140 cm³/mol. The molecule has 0 radical (unpaired) electrons. The van der Waals surface area contributed by atoms with Crippen LogP contribution in [0.25, 0.3) is 0 Å². The van der Waals surface area contributed by atoms with Crippen molar-refractivity contribution >= 4 is 57.3 Å². The van der Waals surface area contributed by atoms with Gasteiger partial charge in [0.05, 0.1) is 5.75 Å². The number of carbonyl (C=O) groups is 1. The molecule has 34 heavy (non-hydrogen) atoms. The van der Waals surface area contributed by atoms with Gasteiger partial charge in [0.25, 0.3) is 0 Å². The second-order valence-electron chi connectivity index (χ2n) is 7.34. The molecule has 0 saturated heterocycles. The molecule has 0 aliphatic carbocycles. The molecule has 174 valence electrons. The first-order chi connectivity index (χ1) is 16.5. The Labute approximate surface area is 216 Å². The summed E-state index contributed by atoms with van der Waals surface area (Å²) in [7, 11) is 0. The van der Waals surface area contributed by atoms with Crippen molar-refractivity contribution in [3.63, 3.8) is 0 Å². The number of nitrogens with zero attached hydrogens (tertiary/aromatic N) is 4. The molecule has 4 rings (SSSR count). The highest BCUT2D eigenvalue weighted by atomic mass is 35.5. The molecule has 2 heterocycles. The van der Waals surface area contributed by atoms with Crippen molar-refractivity contribution in [2.75, 3.05) is 11.1 Å². The van der Waals surface area contributed by atoms with E-state index in [4.69, 9.17) is 23.2 Å². The molecule has 2 aromatic carbocycles. The maximum atomic E-state index is 12.5. The van der Waals surface area contributed by atoms with Gasteiger partial charge in [-0.05, 0) is 23.3 Å². The molecule has 10 heteroatoms. The van der Waals surface area contributed by atoms with Crippen molar-refractivity contribution in [3.8, 4) is 0 Å². The van der Waals surface area contributed by atoms with E-state index < -0.39 is 0 Å². The average Bonchev–Trinajstić information content (AvgIpc) is 3.42. The Kier molecular flexibility index (Phi) is 8.39. The van der Waals surface area contributed by atoms with Gasteiger partial charge in [-0.3, -0.25) is 4.79 Å². The first kappa shape index (κ1) is 24.5. The number of amides is 1. The summed E-state index contributed by atoms with van der Waals surface area (Å²) in [5.74, 6) is 0.867. The average molecular weight is 531 g/mol. The molecule has 1 amide bonds. The normalized spacial score (nSPS) is 10.9. The van der Waals surface area contributed by atoms with Crippen LogP contribution in [0.1, 0.15) is 21.8 Å². The summed E-state index contributed by atoms with van der Waals surface area (Å²) in [6.07, 6.45) is 4.82. The number of benzene rings is 2. The lowest BCUT2D eigenvalue weighted by Crippen LogP contribution is -2.14. The number of thiazole rings is 1. The fourth-order valence-electron chi connectivity index (χ4n) is 3.23. The number of carbonyl (C=O) groups excluding carboxylic acids is 1. The molecule has 0 atom stereocenters. The molecule has 2 aromatic heterocycles. The maximum Gasteiger partial charge on any atom is 0.236 e. The smallest absolute Gasteiger partial charge is 0.236 e. The molecule has 0 spiro atoms. The fraction of sp³-hybridized carbons (Fsp3) is 0.167. The van der Waals surface area contributed by atoms with Crippen molar-refractivity contribution in [2.24, 2.45) is 0 Å². The zero-order valence-electron chi connectivity index (χ0n) is 18.1. The van der Waals surface area contributed by atoms with Crippen LogP contribution in [-0.2, 0) is 24.2 Å². The van der Waals surface area contributed by atoms with Crippen LogP contribution in [0.4, 0.5) is 5.13 Å². The van der Waals surface area contributed by atoms with E-state index in [0.717, 1.165) is 21.8 Å². The summed E-state index contributed by atoms with van der Waals surface area (Å²) >= 11 is 15.0. The van der Waals surface area contributed by atoms with Crippen LogP contribution in [0.5, 0.6) is 0 Å². The van der Waals surface area contributed by atoms with Crippen molar-refractivity contribution in [1.29, 1.82) is 0 Å².